The van der Waals surface area contributed by atoms with Gasteiger partial charge >= 0.3 is 0 Å². The first kappa shape index (κ1) is 20.0. The van der Waals surface area contributed by atoms with Gasteiger partial charge in [0.15, 0.2) is 0 Å². The number of nitrogens with one attached hydrogen (secondary N) is 1. The molecule has 0 amide bonds. The summed E-state index contributed by atoms with van der Waals surface area (Å²) in [6.45, 7) is 2.00. The highest BCUT2D eigenvalue weighted by Crippen LogP contribution is 2.41. The van der Waals surface area contributed by atoms with Crippen LogP contribution in [-0.2, 0) is 13.5 Å². The average Bonchev–Trinajstić information content (AvgIpc) is 3.19. The third kappa shape index (κ3) is 2.98. The monoisotopic (exact) mass is 439 g/mol. The summed E-state index contributed by atoms with van der Waals surface area (Å²) in [6.07, 6.45) is 2.45. The van der Waals surface area contributed by atoms with Gasteiger partial charge in [0.25, 0.3) is 5.56 Å². The molecular formula is C25H18ClN5O. The van der Waals surface area contributed by atoms with Crippen molar-refractivity contribution in [1.29, 1.82) is 5.26 Å². The van der Waals surface area contributed by atoms with Gasteiger partial charge in [-0.25, -0.2) is 5.10 Å². The molecule has 6 nitrogen and oxygen atoms in total. The number of hydrogen-bond donors (Lipinski definition) is 1. The van der Waals surface area contributed by atoms with Gasteiger partial charge in [-0.15, -0.1) is 0 Å². The lowest BCUT2D eigenvalue weighted by Gasteiger charge is -2.14. The number of nitrogens with zero attached hydrogens (tertiary/aromatic N) is 4. The molecule has 0 aliphatic carbocycles. The Labute approximate surface area is 188 Å². The van der Waals surface area contributed by atoms with Crippen LogP contribution < -0.4 is 5.56 Å². The molecule has 0 fully saturated rings. The van der Waals surface area contributed by atoms with Crippen molar-refractivity contribution in [2.45, 2.75) is 13.3 Å². The van der Waals surface area contributed by atoms with Gasteiger partial charge in [0, 0.05) is 28.9 Å². The van der Waals surface area contributed by atoms with E-state index in [1.54, 1.807) is 16.9 Å². The predicted octanol–water partition coefficient (Wildman–Crippen LogP) is 5.23. The molecule has 3 aromatic carbocycles. The van der Waals surface area contributed by atoms with Gasteiger partial charge in [-0.05, 0) is 35.6 Å². The van der Waals surface area contributed by atoms with E-state index in [0.29, 0.717) is 28.0 Å². The zero-order valence-electron chi connectivity index (χ0n) is 17.5. The van der Waals surface area contributed by atoms with Crippen LogP contribution >= 0.6 is 11.6 Å². The molecule has 2 heterocycles. The zero-order chi connectivity index (χ0) is 22.4. The molecule has 5 aromatic rings. The van der Waals surface area contributed by atoms with Gasteiger partial charge in [0.1, 0.15) is 6.07 Å². The number of aromatic amines is 1. The van der Waals surface area contributed by atoms with E-state index in [-0.39, 0.29) is 5.56 Å². The predicted molar refractivity (Wildman–Crippen MR) is 127 cm³/mol. The molecule has 0 saturated carbocycles. The fourth-order valence-corrected chi connectivity index (χ4v) is 4.56. The van der Waals surface area contributed by atoms with E-state index >= 15 is 0 Å². The van der Waals surface area contributed by atoms with Gasteiger partial charge in [-0.2, -0.15) is 15.5 Å². The summed E-state index contributed by atoms with van der Waals surface area (Å²) in [5.41, 5.74) is 4.18. The van der Waals surface area contributed by atoms with Gasteiger partial charge < -0.3 is 0 Å². The summed E-state index contributed by atoms with van der Waals surface area (Å²) >= 11 is 6.73. The number of fused-ring (bicyclic) bond motifs is 2. The van der Waals surface area contributed by atoms with Gasteiger partial charge in [0.2, 0.25) is 0 Å². The van der Waals surface area contributed by atoms with E-state index in [1.807, 2.05) is 56.4 Å². The fraction of sp³-hybridized carbons (Fsp3) is 0.120. The third-order valence-electron chi connectivity index (χ3n) is 5.80. The zero-order valence-corrected chi connectivity index (χ0v) is 18.2. The average molecular weight is 440 g/mol. The first-order valence-electron chi connectivity index (χ1n) is 10.2. The summed E-state index contributed by atoms with van der Waals surface area (Å²) in [5, 5.41) is 24.9. The first-order chi connectivity index (χ1) is 15.5. The molecule has 0 bridgehead atoms. The summed E-state index contributed by atoms with van der Waals surface area (Å²) in [5.74, 6) is 0. The van der Waals surface area contributed by atoms with E-state index in [2.05, 4.69) is 21.4 Å². The quantitative estimate of drug-likeness (QED) is 0.417. The minimum atomic E-state index is -0.223. The van der Waals surface area contributed by atoms with Crippen molar-refractivity contribution in [3.05, 3.63) is 81.4 Å². The lowest BCUT2D eigenvalue weighted by Crippen LogP contribution is -2.10. The minimum Gasteiger partial charge on any atom is -0.267 e. The number of nitriles is 1. The first-order valence-corrected chi connectivity index (χ1v) is 10.6. The van der Waals surface area contributed by atoms with Crippen molar-refractivity contribution in [1.82, 2.24) is 20.0 Å². The Morgan fingerprint density at radius 3 is 2.72 bits per heavy atom. The van der Waals surface area contributed by atoms with Crippen LogP contribution in [0, 0.1) is 11.3 Å². The molecule has 0 aliphatic heterocycles. The van der Waals surface area contributed by atoms with Crippen molar-refractivity contribution in [3.8, 4) is 28.5 Å². The maximum absolute atomic E-state index is 12.3. The van der Waals surface area contributed by atoms with Gasteiger partial charge in [-0.3, -0.25) is 9.48 Å². The number of rotatable bonds is 3. The summed E-state index contributed by atoms with van der Waals surface area (Å²) in [7, 11) is 1.83. The van der Waals surface area contributed by atoms with Crippen LogP contribution in [0.3, 0.4) is 0 Å². The highest BCUT2D eigenvalue weighted by Gasteiger charge is 2.22. The Morgan fingerprint density at radius 1 is 1.12 bits per heavy atom. The van der Waals surface area contributed by atoms with Crippen LogP contribution in [0.25, 0.3) is 43.9 Å². The smallest absolute Gasteiger partial charge is 0.267 e. The van der Waals surface area contributed by atoms with E-state index in [0.717, 1.165) is 38.7 Å². The number of halogens is 1. The topological polar surface area (TPSA) is 87.4 Å². The maximum atomic E-state index is 12.3. The molecule has 0 aliphatic rings. The van der Waals surface area contributed by atoms with Crippen LogP contribution in [0.5, 0.6) is 0 Å². The highest BCUT2D eigenvalue weighted by atomic mass is 35.5. The van der Waals surface area contributed by atoms with E-state index in [9.17, 15) is 10.1 Å². The second-order valence-electron chi connectivity index (χ2n) is 7.59. The van der Waals surface area contributed by atoms with Gasteiger partial charge in [0.05, 0.1) is 33.6 Å². The van der Waals surface area contributed by atoms with Crippen LogP contribution in [0.15, 0.2) is 59.5 Å². The molecule has 2 aromatic heterocycles. The molecule has 0 atom stereocenters. The van der Waals surface area contributed by atoms with Crippen molar-refractivity contribution < 1.29 is 0 Å². The molecule has 32 heavy (non-hydrogen) atoms. The standard InChI is InChI=1S/C25H18ClN5O/c1-3-22-18-10-15(8-9-17(18)25(32)30-29-22)20-13-28-31(2)24(20)23-19(12-27)16-7-5-4-6-14(16)11-21(23)26/h4-11,13H,3H2,1-2H3,(H,30,32). The van der Waals surface area contributed by atoms with Crippen molar-refractivity contribution in [3.63, 3.8) is 0 Å². The number of hydrogen-bond acceptors (Lipinski definition) is 4. The van der Waals surface area contributed by atoms with Crippen LogP contribution in [0.4, 0.5) is 0 Å². The summed E-state index contributed by atoms with van der Waals surface area (Å²) < 4.78 is 1.73. The van der Waals surface area contributed by atoms with E-state index < -0.39 is 0 Å². The van der Waals surface area contributed by atoms with Gasteiger partial charge in [-0.1, -0.05) is 48.9 Å². The Bertz CT molecular complexity index is 1620. The molecule has 0 radical (unpaired) electrons. The van der Waals surface area contributed by atoms with Crippen molar-refractivity contribution in [2.24, 2.45) is 7.05 Å². The largest absolute Gasteiger partial charge is 0.272 e. The molecule has 0 spiro atoms. The second-order valence-corrected chi connectivity index (χ2v) is 7.99. The van der Waals surface area contributed by atoms with Crippen LogP contribution in [0.2, 0.25) is 5.02 Å². The molecule has 7 heteroatoms. The number of H-pyrrole nitrogens is 1. The Hall–Kier alpha value is -3.95. The maximum Gasteiger partial charge on any atom is 0.272 e. The number of aromatic nitrogens is 4. The number of aryl methyl sites for hydroxylation is 2. The summed E-state index contributed by atoms with van der Waals surface area (Å²) in [6, 6.07) is 17.6. The van der Waals surface area contributed by atoms with Crippen molar-refractivity contribution in [2.75, 3.05) is 0 Å². The second kappa shape index (κ2) is 7.63. The summed E-state index contributed by atoms with van der Waals surface area (Å²) in [4.78, 5) is 12.3. The molecule has 156 valence electrons. The lowest BCUT2D eigenvalue weighted by atomic mass is 9.93. The normalized spacial score (nSPS) is 11.2. The lowest BCUT2D eigenvalue weighted by molar-refractivity contribution is 0.776. The molecule has 1 N–H and O–H groups in total. The SMILES string of the molecule is CCc1n[nH]c(=O)c2ccc(-c3cnn(C)c3-c3c(Cl)cc4ccccc4c3C#N)cc12. The van der Waals surface area contributed by atoms with Crippen LogP contribution in [-0.4, -0.2) is 20.0 Å². The minimum absolute atomic E-state index is 0.223. The highest BCUT2D eigenvalue weighted by molar-refractivity contribution is 6.35. The molecule has 0 unspecified atom stereocenters. The van der Waals surface area contributed by atoms with E-state index in [4.69, 9.17) is 11.6 Å². The van der Waals surface area contributed by atoms with E-state index in [1.165, 1.54) is 0 Å². The van der Waals surface area contributed by atoms with Crippen LogP contribution in [0.1, 0.15) is 18.2 Å². The molecule has 5 rings (SSSR count). The Kier molecular flexibility index (Phi) is 4.76. The Balaban J connectivity index is 1.82. The molecule has 0 saturated heterocycles. The van der Waals surface area contributed by atoms with Crippen molar-refractivity contribution >= 4 is 33.1 Å². The fourth-order valence-electron chi connectivity index (χ4n) is 4.26. The third-order valence-corrected chi connectivity index (χ3v) is 6.10. The molecular weight excluding hydrogens is 422 g/mol. The number of benzene rings is 3. The Morgan fingerprint density at radius 2 is 1.94 bits per heavy atom.